The van der Waals surface area contributed by atoms with Crippen LogP contribution in [0.2, 0.25) is 0 Å². The van der Waals surface area contributed by atoms with Gasteiger partial charge in [0.05, 0.1) is 5.69 Å². The molecule has 2 aromatic heterocycles. The second kappa shape index (κ2) is 3.61. The van der Waals surface area contributed by atoms with Crippen molar-refractivity contribution >= 4 is 17.3 Å². The molecular formula is C10H13N5. The summed E-state index contributed by atoms with van der Waals surface area (Å²) >= 11 is 0. The maximum absolute atomic E-state index is 5.82. The first-order valence-corrected chi connectivity index (χ1v) is 4.64. The lowest BCUT2D eigenvalue weighted by atomic mass is 10.3. The Morgan fingerprint density at radius 2 is 2.27 bits per heavy atom. The van der Waals surface area contributed by atoms with Crippen LogP contribution >= 0.6 is 0 Å². The van der Waals surface area contributed by atoms with E-state index >= 15 is 0 Å². The summed E-state index contributed by atoms with van der Waals surface area (Å²) in [4.78, 5) is 4.20. The molecule has 2 rings (SSSR count). The first-order chi connectivity index (χ1) is 7.15. The number of hydrogen-bond donors (Lipinski definition) is 2. The first kappa shape index (κ1) is 9.51. The lowest BCUT2D eigenvalue weighted by Gasteiger charge is -2.05. The van der Waals surface area contributed by atoms with Crippen LogP contribution in [0.25, 0.3) is 0 Å². The summed E-state index contributed by atoms with van der Waals surface area (Å²) in [6.45, 7) is 1.95. The van der Waals surface area contributed by atoms with Crippen LogP contribution in [0.3, 0.4) is 0 Å². The molecular weight excluding hydrogens is 190 g/mol. The molecule has 0 spiro atoms. The van der Waals surface area contributed by atoms with Crippen LogP contribution < -0.4 is 11.1 Å². The van der Waals surface area contributed by atoms with Gasteiger partial charge in [-0.2, -0.15) is 5.10 Å². The molecule has 15 heavy (non-hydrogen) atoms. The fourth-order valence-electron chi connectivity index (χ4n) is 1.30. The predicted octanol–water partition coefficient (Wildman–Crippen LogP) is 1.45. The van der Waals surface area contributed by atoms with Gasteiger partial charge in [-0.15, -0.1) is 0 Å². The molecule has 0 aliphatic heterocycles. The van der Waals surface area contributed by atoms with Gasteiger partial charge in [-0.25, -0.2) is 4.98 Å². The van der Waals surface area contributed by atoms with Gasteiger partial charge in [0.25, 0.3) is 0 Å². The Kier molecular flexibility index (Phi) is 2.29. The van der Waals surface area contributed by atoms with Crippen molar-refractivity contribution in [3.05, 3.63) is 30.1 Å². The number of aromatic nitrogens is 3. The highest BCUT2D eigenvalue weighted by Crippen LogP contribution is 2.19. The molecule has 5 heteroatoms. The van der Waals surface area contributed by atoms with Crippen LogP contribution in [-0.4, -0.2) is 14.8 Å². The summed E-state index contributed by atoms with van der Waals surface area (Å²) in [5, 5.41) is 7.23. The normalized spacial score (nSPS) is 10.3. The number of anilines is 3. The first-order valence-electron chi connectivity index (χ1n) is 4.64. The topological polar surface area (TPSA) is 68.8 Å². The van der Waals surface area contributed by atoms with Crippen molar-refractivity contribution in [2.75, 3.05) is 11.1 Å². The Bertz CT molecular complexity index is 474. The SMILES string of the molecule is Cc1cnc(Nc2ccn(C)n2)c(N)c1. The van der Waals surface area contributed by atoms with Crippen molar-refractivity contribution < 1.29 is 0 Å². The average molecular weight is 203 g/mol. The number of nitrogens with one attached hydrogen (secondary N) is 1. The number of pyridine rings is 1. The maximum Gasteiger partial charge on any atom is 0.154 e. The van der Waals surface area contributed by atoms with E-state index in [0.717, 1.165) is 11.4 Å². The molecule has 3 N–H and O–H groups in total. The largest absolute Gasteiger partial charge is 0.396 e. The lowest BCUT2D eigenvalue weighted by molar-refractivity contribution is 0.771. The zero-order valence-corrected chi connectivity index (χ0v) is 8.73. The fraction of sp³-hybridized carbons (Fsp3) is 0.200. The van der Waals surface area contributed by atoms with Gasteiger partial charge in [0.1, 0.15) is 0 Å². The van der Waals surface area contributed by atoms with Crippen LogP contribution in [-0.2, 0) is 7.05 Å². The number of nitrogen functional groups attached to an aromatic ring is 1. The molecule has 0 saturated carbocycles. The standard InChI is InChI=1S/C10H13N5/c1-7-5-8(11)10(12-6-7)13-9-3-4-15(2)14-9/h3-6H,11H2,1-2H3,(H,12,13,14). The van der Waals surface area contributed by atoms with Crippen molar-refractivity contribution in [2.24, 2.45) is 7.05 Å². The van der Waals surface area contributed by atoms with Crippen molar-refractivity contribution in [3.8, 4) is 0 Å². The van der Waals surface area contributed by atoms with Crippen molar-refractivity contribution in [2.45, 2.75) is 6.92 Å². The summed E-state index contributed by atoms with van der Waals surface area (Å²) in [5.74, 6) is 1.37. The summed E-state index contributed by atoms with van der Waals surface area (Å²) in [5.41, 5.74) is 7.48. The molecule has 0 amide bonds. The van der Waals surface area contributed by atoms with Crippen LogP contribution in [0, 0.1) is 6.92 Å². The van der Waals surface area contributed by atoms with E-state index < -0.39 is 0 Å². The van der Waals surface area contributed by atoms with Gasteiger partial charge >= 0.3 is 0 Å². The molecule has 0 atom stereocenters. The molecule has 0 fully saturated rings. The van der Waals surface area contributed by atoms with Gasteiger partial charge in [-0.05, 0) is 18.6 Å². The second-order valence-corrected chi connectivity index (χ2v) is 3.45. The number of nitrogens with two attached hydrogens (primary N) is 1. The van der Waals surface area contributed by atoms with E-state index in [4.69, 9.17) is 5.73 Å². The van der Waals surface area contributed by atoms with Gasteiger partial charge in [-0.1, -0.05) is 0 Å². The van der Waals surface area contributed by atoms with Gasteiger partial charge < -0.3 is 11.1 Å². The molecule has 5 nitrogen and oxygen atoms in total. The van der Waals surface area contributed by atoms with Crippen LogP contribution in [0.15, 0.2) is 24.5 Å². The van der Waals surface area contributed by atoms with E-state index in [-0.39, 0.29) is 0 Å². The summed E-state index contributed by atoms with van der Waals surface area (Å²) in [6.07, 6.45) is 3.62. The van der Waals surface area contributed by atoms with E-state index in [1.165, 1.54) is 0 Å². The van der Waals surface area contributed by atoms with E-state index in [0.29, 0.717) is 11.5 Å². The molecule has 0 radical (unpaired) electrons. The van der Waals surface area contributed by atoms with Crippen molar-refractivity contribution in [3.63, 3.8) is 0 Å². The van der Waals surface area contributed by atoms with E-state index in [2.05, 4.69) is 15.4 Å². The average Bonchev–Trinajstić information content (AvgIpc) is 2.56. The maximum atomic E-state index is 5.82. The number of hydrogen-bond acceptors (Lipinski definition) is 4. The highest BCUT2D eigenvalue weighted by Gasteiger charge is 2.02. The Labute approximate surface area is 87.9 Å². The molecule has 0 aliphatic rings. The Balaban J connectivity index is 2.24. The van der Waals surface area contributed by atoms with Gasteiger partial charge in [-0.3, -0.25) is 4.68 Å². The third-order valence-corrected chi connectivity index (χ3v) is 2.01. The Morgan fingerprint density at radius 1 is 1.47 bits per heavy atom. The number of nitrogens with zero attached hydrogens (tertiary/aromatic N) is 3. The molecule has 78 valence electrons. The predicted molar refractivity (Wildman–Crippen MR) is 59.9 cm³/mol. The third-order valence-electron chi connectivity index (χ3n) is 2.01. The van der Waals surface area contributed by atoms with Crippen LogP contribution in [0.4, 0.5) is 17.3 Å². The minimum atomic E-state index is 0.626. The summed E-state index contributed by atoms with van der Waals surface area (Å²) in [7, 11) is 1.86. The van der Waals surface area contributed by atoms with Crippen molar-refractivity contribution in [1.29, 1.82) is 0 Å². The fourth-order valence-corrected chi connectivity index (χ4v) is 1.30. The summed E-state index contributed by atoms with van der Waals surface area (Å²) < 4.78 is 1.71. The highest BCUT2D eigenvalue weighted by atomic mass is 15.3. The molecule has 0 unspecified atom stereocenters. The van der Waals surface area contributed by atoms with E-state index in [1.807, 2.05) is 32.3 Å². The Morgan fingerprint density at radius 3 is 2.87 bits per heavy atom. The smallest absolute Gasteiger partial charge is 0.154 e. The van der Waals surface area contributed by atoms with Crippen molar-refractivity contribution in [1.82, 2.24) is 14.8 Å². The molecule has 0 aliphatic carbocycles. The van der Waals surface area contributed by atoms with Gasteiger partial charge in [0.2, 0.25) is 0 Å². The minimum Gasteiger partial charge on any atom is -0.396 e. The van der Waals surface area contributed by atoms with Crippen LogP contribution in [0.1, 0.15) is 5.56 Å². The van der Waals surface area contributed by atoms with E-state index in [1.54, 1.807) is 10.9 Å². The zero-order chi connectivity index (χ0) is 10.8. The summed E-state index contributed by atoms with van der Waals surface area (Å²) in [6, 6.07) is 3.74. The monoisotopic (exact) mass is 203 g/mol. The Hall–Kier alpha value is -2.04. The highest BCUT2D eigenvalue weighted by molar-refractivity contribution is 5.67. The quantitative estimate of drug-likeness (QED) is 0.775. The molecule has 2 heterocycles. The number of aryl methyl sites for hydroxylation is 2. The zero-order valence-electron chi connectivity index (χ0n) is 8.73. The van der Waals surface area contributed by atoms with Crippen LogP contribution in [0.5, 0.6) is 0 Å². The number of rotatable bonds is 2. The molecule has 0 saturated heterocycles. The molecule has 0 bridgehead atoms. The molecule has 0 aromatic carbocycles. The lowest BCUT2D eigenvalue weighted by Crippen LogP contribution is -2.00. The third kappa shape index (κ3) is 2.07. The van der Waals surface area contributed by atoms with E-state index in [9.17, 15) is 0 Å². The molecule has 2 aromatic rings. The van der Waals surface area contributed by atoms with Gasteiger partial charge in [0, 0.05) is 25.5 Å². The second-order valence-electron chi connectivity index (χ2n) is 3.45. The minimum absolute atomic E-state index is 0.626. The van der Waals surface area contributed by atoms with Gasteiger partial charge in [0.15, 0.2) is 11.6 Å².